The zero-order valence-electron chi connectivity index (χ0n) is 22.3. The van der Waals surface area contributed by atoms with Gasteiger partial charge in [-0.05, 0) is 77.7 Å². The summed E-state index contributed by atoms with van der Waals surface area (Å²) in [4.78, 5) is 24.8. The normalized spacial score (nSPS) is 12.1. The van der Waals surface area contributed by atoms with Gasteiger partial charge in [-0.25, -0.2) is 4.79 Å². The van der Waals surface area contributed by atoms with Crippen LogP contribution in [0, 0.1) is 11.3 Å². The standard InChI is InChI=1S/C33H24F3N3O3/c1-20(23-7-9-24(10-8-23)32(41)42)38-31(40)29-14-13-27(25-4-2-3-22(17-25)18-37)28-15-16-39(30(28)29)19-21-5-11-26(12-6-21)33(34,35)36/h2-17,20H,19H2,1H3,(H,38,40)(H,41,42)/t20-/m1/s1. The van der Waals surface area contributed by atoms with Gasteiger partial charge >= 0.3 is 12.1 Å². The number of fused-ring (bicyclic) bond motifs is 1. The molecule has 6 nitrogen and oxygen atoms in total. The third-order valence-corrected chi connectivity index (χ3v) is 7.11. The third-order valence-electron chi connectivity index (χ3n) is 7.11. The number of benzene rings is 4. The SMILES string of the molecule is C[C@@H](NC(=O)c1ccc(-c2cccc(C#N)c2)c2ccn(Cc3ccc(C(F)(F)F)cc3)c12)c1ccc(C(=O)O)cc1. The molecule has 0 saturated carbocycles. The van der Waals surface area contributed by atoms with Crippen molar-refractivity contribution in [3.05, 3.63) is 131 Å². The number of carboxylic acid groups (broad SMARTS) is 1. The molecule has 1 aromatic heterocycles. The van der Waals surface area contributed by atoms with Gasteiger partial charge in [0.2, 0.25) is 0 Å². The molecular weight excluding hydrogens is 543 g/mol. The van der Waals surface area contributed by atoms with Crippen LogP contribution in [0.4, 0.5) is 13.2 Å². The highest BCUT2D eigenvalue weighted by Crippen LogP contribution is 2.34. The lowest BCUT2D eigenvalue weighted by Gasteiger charge is -2.17. The summed E-state index contributed by atoms with van der Waals surface area (Å²) in [5.74, 6) is -1.42. The molecule has 0 spiro atoms. The number of aromatic carboxylic acids is 1. The number of rotatable bonds is 7. The molecular formula is C33H24F3N3O3. The Morgan fingerprint density at radius 3 is 2.33 bits per heavy atom. The van der Waals surface area contributed by atoms with Crippen LogP contribution in [-0.2, 0) is 12.7 Å². The number of carbonyl (C=O) groups is 2. The highest BCUT2D eigenvalue weighted by Gasteiger charge is 2.30. The molecule has 4 aromatic carbocycles. The second kappa shape index (κ2) is 11.3. The number of amides is 1. The summed E-state index contributed by atoms with van der Waals surface area (Å²) in [6.45, 7) is 2.00. The lowest BCUT2D eigenvalue weighted by Crippen LogP contribution is -2.27. The van der Waals surface area contributed by atoms with Crippen LogP contribution in [-0.4, -0.2) is 21.6 Å². The van der Waals surface area contributed by atoms with Gasteiger partial charge in [0.1, 0.15) is 0 Å². The van der Waals surface area contributed by atoms with E-state index in [-0.39, 0.29) is 18.0 Å². The predicted octanol–water partition coefficient (Wildman–Crippen LogP) is 7.44. The number of carbonyl (C=O) groups excluding carboxylic acids is 1. The second-order valence-corrected chi connectivity index (χ2v) is 9.88. The average molecular weight is 568 g/mol. The van der Waals surface area contributed by atoms with Gasteiger partial charge in [0.25, 0.3) is 5.91 Å². The molecule has 2 N–H and O–H groups in total. The van der Waals surface area contributed by atoms with Crippen LogP contribution in [0.25, 0.3) is 22.0 Å². The van der Waals surface area contributed by atoms with Crippen molar-refractivity contribution in [1.29, 1.82) is 5.26 Å². The van der Waals surface area contributed by atoms with Gasteiger partial charge in [0.15, 0.2) is 0 Å². The van der Waals surface area contributed by atoms with Crippen molar-refractivity contribution in [3.8, 4) is 17.2 Å². The fraction of sp³-hybridized carbons (Fsp3) is 0.121. The van der Waals surface area contributed by atoms with E-state index in [0.717, 1.165) is 34.2 Å². The van der Waals surface area contributed by atoms with E-state index in [1.165, 1.54) is 24.3 Å². The molecule has 0 bridgehead atoms. The van der Waals surface area contributed by atoms with Crippen LogP contribution in [0.15, 0.2) is 97.2 Å². The monoisotopic (exact) mass is 567 g/mol. The van der Waals surface area contributed by atoms with Gasteiger partial charge < -0.3 is 15.0 Å². The lowest BCUT2D eigenvalue weighted by molar-refractivity contribution is -0.137. The van der Waals surface area contributed by atoms with E-state index in [2.05, 4.69) is 11.4 Å². The number of aromatic nitrogens is 1. The Morgan fingerprint density at radius 1 is 0.976 bits per heavy atom. The summed E-state index contributed by atoms with van der Waals surface area (Å²) in [7, 11) is 0. The van der Waals surface area contributed by atoms with E-state index in [1.807, 2.05) is 22.8 Å². The zero-order chi connectivity index (χ0) is 30.0. The van der Waals surface area contributed by atoms with Gasteiger partial charge in [-0.2, -0.15) is 18.4 Å². The Morgan fingerprint density at radius 2 is 1.69 bits per heavy atom. The zero-order valence-corrected chi connectivity index (χ0v) is 22.3. The van der Waals surface area contributed by atoms with E-state index in [0.29, 0.717) is 22.2 Å². The Kier molecular flexibility index (Phi) is 7.55. The molecule has 0 aliphatic carbocycles. The second-order valence-electron chi connectivity index (χ2n) is 9.88. The molecule has 42 heavy (non-hydrogen) atoms. The molecule has 1 heterocycles. The number of halogens is 3. The van der Waals surface area contributed by atoms with E-state index < -0.39 is 23.8 Å². The maximum absolute atomic E-state index is 13.6. The fourth-order valence-corrected chi connectivity index (χ4v) is 4.92. The largest absolute Gasteiger partial charge is 0.478 e. The third kappa shape index (κ3) is 5.74. The van der Waals surface area contributed by atoms with Crippen LogP contribution >= 0.6 is 0 Å². The predicted molar refractivity (Wildman–Crippen MR) is 152 cm³/mol. The van der Waals surface area contributed by atoms with Crippen molar-refractivity contribution in [3.63, 3.8) is 0 Å². The molecule has 0 aliphatic heterocycles. The Hall–Kier alpha value is -5.36. The molecule has 0 saturated heterocycles. The maximum Gasteiger partial charge on any atom is 0.416 e. The van der Waals surface area contributed by atoms with Crippen molar-refractivity contribution in [1.82, 2.24) is 9.88 Å². The van der Waals surface area contributed by atoms with Crippen molar-refractivity contribution < 1.29 is 27.9 Å². The molecule has 210 valence electrons. The van der Waals surface area contributed by atoms with Gasteiger partial charge in [-0.3, -0.25) is 4.79 Å². The number of hydrogen-bond donors (Lipinski definition) is 2. The first-order valence-electron chi connectivity index (χ1n) is 13.0. The molecule has 0 radical (unpaired) electrons. The average Bonchev–Trinajstić information content (AvgIpc) is 3.40. The van der Waals surface area contributed by atoms with E-state index in [1.54, 1.807) is 49.5 Å². The number of nitrogens with one attached hydrogen (secondary N) is 1. The van der Waals surface area contributed by atoms with Crippen LogP contribution in [0.1, 0.15) is 55.9 Å². The summed E-state index contributed by atoms with van der Waals surface area (Å²) in [5.41, 5.74) is 3.73. The minimum absolute atomic E-state index is 0.135. The van der Waals surface area contributed by atoms with Crippen LogP contribution < -0.4 is 5.32 Å². The quantitative estimate of drug-likeness (QED) is 0.214. The van der Waals surface area contributed by atoms with E-state index in [4.69, 9.17) is 5.11 Å². The first-order chi connectivity index (χ1) is 20.0. The first-order valence-corrected chi connectivity index (χ1v) is 13.0. The molecule has 5 aromatic rings. The molecule has 0 unspecified atom stereocenters. The van der Waals surface area contributed by atoms with E-state index >= 15 is 0 Å². The minimum Gasteiger partial charge on any atom is -0.478 e. The van der Waals surface area contributed by atoms with Crippen LogP contribution in [0.3, 0.4) is 0 Å². The Bertz CT molecular complexity index is 1830. The Labute approximate surface area is 239 Å². The molecule has 0 fully saturated rings. The van der Waals surface area contributed by atoms with Crippen LogP contribution in [0.5, 0.6) is 0 Å². The van der Waals surface area contributed by atoms with Gasteiger partial charge in [-0.1, -0.05) is 42.5 Å². The smallest absolute Gasteiger partial charge is 0.416 e. The van der Waals surface area contributed by atoms with Crippen molar-refractivity contribution >= 4 is 22.8 Å². The van der Waals surface area contributed by atoms with Crippen LogP contribution in [0.2, 0.25) is 0 Å². The number of nitriles is 1. The summed E-state index contributed by atoms with van der Waals surface area (Å²) < 4.78 is 41.1. The minimum atomic E-state index is -4.44. The van der Waals surface area contributed by atoms with E-state index in [9.17, 15) is 28.0 Å². The topological polar surface area (TPSA) is 95.1 Å². The summed E-state index contributed by atoms with van der Waals surface area (Å²) in [6.07, 6.45) is -2.66. The highest BCUT2D eigenvalue weighted by atomic mass is 19.4. The van der Waals surface area contributed by atoms with Gasteiger partial charge in [0, 0.05) is 18.1 Å². The number of hydrogen-bond acceptors (Lipinski definition) is 3. The number of nitrogens with zero attached hydrogens (tertiary/aromatic N) is 2. The first kappa shape index (κ1) is 28.2. The highest BCUT2D eigenvalue weighted by molar-refractivity contribution is 6.10. The summed E-state index contributed by atoms with van der Waals surface area (Å²) in [5, 5.41) is 22.3. The molecule has 0 aliphatic rings. The van der Waals surface area contributed by atoms with Crippen molar-refractivity contribution in [2.24, 2.45) is 0 Å². The van der Waals surface area contributed by atoms with Gasteiger partial charge in [-0.15, -0.1) is 0 Å². The fourth-order valence-electron chi connectivity index (χ4n) is 4.92. The molecule has 1 amide bonds. The van der Waals surface area contributed by atoms with Crippen molar-refractivity contribution in [2.45, 2.75) is 25.7 Å². The molecule has 5 rings (SSSR count). The number of alkyl halides is 3. The van der Waals surface area contributed by atoms with Crippen molar-refractivity contribution in [2.75, 3.05) is 0 Å². The lowest BCUT2D eigenvalue weighted by atomic mass is 9.97. The number of carboxylic acids is 1. The summed E-state index contributed by atoms with van der Waals surface area (Å²) >= 11 is 0. The van der Waals surface area contributed by atoms with Gasteiger partial charge in [0.05, 0.1) is 39.9 Å². The molecule has 9 heteroatoms. The Balaban J connectivity index is 1.55. The summed E-state index contributed by atoms with van der Waals surface area (Å²) in [6, 6.07) is 25.2. The maximum atomic E-state index is 13.6. The molecule has 1 atom stereocenters.